The first-order valence-electron chi connectivity index (χ1n) is 11.4. The number of para-hydroxylation sites is 1. The summed E-state index contributed by atoms with van der Waals surface area (Å²) < 4.78 is 0. The van der Waals surface area contributed by atoms with Crippen molar-refractivity contribution in [2.24, 2.45) is 0 Å². The summed E-state index contributed by atoms with van der Waals surface area (Å²) in [5.74, 6) is -0.315. The number of pyridine rings is 1. The van der Waals surface area contributed by atoms with E-state index in [1.54, 1.807) is 20.8 Å². The van der Waals surface area contributed by atoms with Gasteiger partial charge in [0.15, 0.2) is 0 Å². The maximum atomic E-state index is 11.6. The Labute approximate surface area is 194 Å². The van der Waals surface area contributed by atoms with Crippen LogP contribution >= 0.6 is 0 Å². The van der Waals surface area contributed by atoms with Crippen molar-refractivity contribution in [3.63, 3.8) is 0 Å². The van der Waals surface area contributed by atoms with E-state index in [1.165, 1.54) is 21.9 Å². The number of benzene rings is 3. The predicted octanol–water partition coefficient (Wildman–Crippen LogP) is 6.43. The molecule has 0 amide bonds. The molecule has 0 bridgehead atoms. The Morgan fingerprint density at radius 1 is 1.03 bits per heavy atom. The molecule has 1 atom stereocenters. The van der Waals surface area contributed by atoms with Crippen molar-refractivity contribution in [2.75, 3.05) is 0 Å². The molecule has 4 heteroatoms. The number of hydrogen-bond donors (Lipinski definition) is 2. The van der Waals surface area contributed by atoms with Crippen LogP contribution in [-0.2, 0) is 17.6 Å². The van der Waals surface area contributed by atoms with Crippen LogP contribution in [-0.4, -0.2) is 26.8 Å². The average Bonchev–Trinajstić information content (AvgIpc) is 3.05. The summed E-state index contributed by atoms with van der Waals surface area (Å²) in [7, 11) is 0. The van der Waals surface area contributed by atoms with E-state index in [4.69, 9.17) is 10.1 Å². The van der Waals surface area contributed by atoms with Crippen molar-refractivity contribution in [1.82, 2.24) is 4.98 Å². The Kier molecular flexibility index (Phi) is 5.98. The number of carbonyl (C=O) groups is 1. The second-order valence-electron chi connectivity index (χ2n) is 9.96. The number of aliphatic carboxylic acids is 1. The van der Waals surface area contributed by atoms with Gasteiger partial charge in [0, 0.05) is 11.1 Å². The van der Waals surface area contributed by atoms with Gasteiger partial charge in [-0.3, -0.25) is 9.78 Å². The Hall–Kier alpha value is -3.24. The zero-order valence-electron chi connectivity index (χ0n) is 19.9. The molecule has 5 rings (SSSR count). The zero-order valence-corrected chi connectivity index (χ0v) is 19.9. The van der Waals surface area contributed by atoms with Gasteiger partial charge in [-0.15, -0.1) is 0 Å². The third-order valence-electron chi connectivity index (χ3n) is 6.01. The molecule has 170 valence electrons. The highest BCUT2D eigenvalue weighted by molar-refractivity contribution is 6.08. The van der Waals surface area contributed by atoms with Gasteiger partial charge in [0.05, 0.1) is 17.5 Å². The first kappa shape index (κ1) is 22.9. The minimum Gasteiger partial charge on any atom is -0.481 e. The van der Waals surface area contributed by atoms with Gasteiger partial charge in [0.2, 0.25) is 0 Å². The molecular formula is C29H31NO3. The number of carboxylic acids is 1. The maximum absolute atomic E-state index is 11.6. The monoisotopic (exact) mass is 441 g/mol. The van der Waals surface area contributed by atoms with E-state index < -0.39 is 11.6 Å². The van der Waals surface area contributed by atoms with Crippen LogP contribution in [0.15, 0.2) is 54.6 Å². The summed E-state index contributed by atoms with van der Waals surface area (Å²) in [6.07, 6.45) is 1.03. The fraction of sp³-hybridized carbons (Fsp3) is 0.310. The summed E-state index contributed by atoms with van der Waals surface area (Å²) in [5, 5.41) is 21.6. The van der Waals surface area contributed by atoms with Crippen LogP contribution in [0, 0.1) is 6.92 Å². The van der Waals surface area contributed by atoms with Crippen molar-refractivity contribution >= 4 is 27.6 Å². The molecule has 3 aromatic carbocycles. The molecule has 1 aliphatic rings. The molecule has 1 aliphatic carbocycles. The molecule has 0 fully saturated rings. The van der Waals surface area contributed by atoms with Crippen LogP contribution in [0.1, 0.15) is 56.0 Å². The van der Waals surface area contributed by atoms with E-state index in [9.17, 15) is 9.90 Å². The third-order valence-corrected chi connectivity index (χ3v) is 6.01. The molecule has 0 aliphatic heterocycles. The first-order chi connectivity index (χ1) is 15.5. The molecular weight excluding hydrogens is 410 g/mol. The highest BCUT2D eigenvalue weighted by Crippen LogP contribution is 2.44. The van der Waals surface area contributed by atoms with E-state index in [2.05, 4.69) is 37.3 Å². The van der Waals surface area contributed by atoms with E-state index in [0.29, 0.717) is 5.92 Å². The molecule has 33 heavy (non-hydrogen) atoms. The highest BCUT2D eigenvalue weighted by atomic mass is 16.4. The van der Waals surface area contributed by atoms with E-state index >= 15 is 0 Å². The number of nitrogens with zero attached hydrogens (tertiary/aromatic N) is 1. The zero-order chi connectivity index (χ0) is 23.9. The Balaban J connectivity index is 0.000000471. The van der Waals surface area contributed by atoms with E-state index in [-0.39, 0.29) is 6.42 Å². The van der Waals surface area contributed by atoms with Crippen molar-refractivity contribution in [3.05, 3.63) is 77.0 Å². The lowest BCUT2D eigenvalue weighted by Crippen LogP contribution is -2.10. The smallest absolute Gasteiger partial charge is 0.307 e. The Morgan fingerprint density at radius 2 is 1.70 bits per heavy atom. The number of aliphatic hydroxyl groups is 1. The van der Waals surface area contributed by atoms with Gasteiger partial charge in [0.25, 0.3) is 0 Å². The average molecular weight is 442 g/mol. The molecule has 0 saturated carbocycles. The SMILES string of the molecule is CC(C)(C)O.Cc1nc2ccccc2c(-c2ccc3c4c(cccc24)C[C@@H]3C)c1CC(=O)O. The second kappa shape index (κ2) is 8.60. The molecule has 1 aromatic heterocycles. The summed E-state index contributed by atoms with van der Waals surface area (Å²) in [4.78, 5) is 16.3. The highest BCUT2D eigenvalue weighted by Gasteiger charge is 2.24. The minimum atomic E-state index is -0.832. The number of aryl methyl sites for hydroxylation is 1. The molecule has 1 heterocycles. The molecule has 0 radical (unpaired) electrons. The fourth-order valence-electron chi connectivity index (χ4n) is 4.80. The van der Waals surface area contributed by atoms with Crippen molar-refractivity contribution in [1.29, 1.82) is 0 Å². The standard InChI is InChI=1S/C25H21NO2.C4H10O/c1-14-12-16-6-5-8-18-19(11-10-17(14)24(16)18)25-20-7-3-4-9-22(20)26-15(2)21(25)13-23(27)28;1-4(2,3)5/h3-11,14H,12-13H2,1-2H3,(H,27,28);5H,1-3H3/t14-;/m0./s1. The summed E-state index contributed by atoms with van der Waals surface area (Å²) in [6, 6.07) is 18.9. The van der Waals surface area contributed by atoms with Gasteiger partial charge < -0.3 is 10.2 Å². The van der Waals surface area contributed by atoms with Crippen molar-refractivity contribution in [2.45, 2.75) is 59.0 Å². The first-order valence-corrected chi connectivity index (χ1v) is 11.4. The van der Waals surface area contributed by atoms with Crippen LogP contribution in [0.2, 0.25) is 0 Å². The lowest BCUT2D eigenvalue weighted by atomic mass is 9.88. The number of carboxylic acid groups (broad SMARTS) is 1. The van der Waals surface area contributed by atoms with Crippen molar-refractivity contribution in [3.8, 4) is 11.1 Å². The topological polar surface area (TPSA) is 70.4 Å². The summed E-state index contributed by atoms with van der Waals surface area (Å²) in [5.41, 5.74) is 6.88. The quantitative estimate of drug-likeness (QED) is 0.384. The lowest BCUT2D eigenvalue weighted by Gasteiger charge is -2.17. The molecule has 4 aromatic rings. The van der Waals surface area contributed by atoms with Gasteiger partial charge in [-0.05, 0) is 84.7 Å². The van der Waals surface area contributed by atoms with E-state index in [1.807, 2.05) is 31.2 Å². The van der Waals surface area contributed by atoms with Crippen LogP contribution < -0.4 is 0 Å². The van der Waals surface area contributed by atoms with E-state index in [0.717, 1.165) is 39.7 Å². The van der Waals surface area contributed by atoms with Crippen LogP contribution in [0.5, 0.6) is 0 Å². The maximum Gasteiger partial charge on any atom is 0.307 e. The predicted molar refractivity (Wildman–Crippen MR) is 135 cm³/mol. The molecule has 0 saturated heterocycles. The molecule has 0 spiro atoms. The number of rotatable bonds is 3. The van der Waals surface area contributed by atoms with Gasteiger partial charge in [-0.25, -0.2) is 0 Å². The minimum absolute atomic E-state index is 0.0294. The van der Waals surface area contributed by atoms with Crippen LogP contribution in [0.25, 0.3) is 32.8 Å². The fourth-order valence-corrected chi connectivity index (χ4v) is 4.80. The Bertz CT molecular complexity index is 1360. The second-order valence-corrected chi connectivity index (χ2v) is 9.96. The number of hydrogen-bond acceptors (Lipinski definition) is 3. The van der Waals surface area contributed by atoms with Gasteiger partial charge >= 0.3 is 5.97 Å². The summed E-state index contributed by atoms with van der Waals surface area (Å²) in [6.45, 7) is 9.42. The summed E-state index contributed by atoms with van der Waals surface area (Å²) >= 11 is 0. The van der Waals surface area contributed by atoms with Crippen LogP contribution in [0.4, 0.5) is 0 Å². The normalized spacial score (nSPS) is 14.9. The van der Waals surface area contributed by atoms with Gasteiger partial charge in [-0.1, -0.05) is 55.5 Å². The van der Waals surface area contributed by atoms with Crippen molar-refractivity contribution < 1.29 is 15.0 Å². The molecule has 2 N–H and O–H groups in total. The number of aromatic nitrogens is 1. The molecule has 0 unspecified atom stereocenters. The van der Waals surface area contributed by atoms with Gasteiger partial charge in [0.1, 0.15) is 0 Å². The van der Waals surface area contributed by atoms with Crippen LogP contribution in [0.3, 0.4) is 0 Å². The lowest BCUT2D eigenvalue weighted by molar-refractivity contribution is -0.136. The largest absolute Gasteiger partial charge is 0.481 e. The number of fused-ring (bicyclic) bond motifs is 1. The van der Waals surface area contributed by atoms with Gasteiger partial charge in [-0.2, -0.15) is 0 Å². The third kappa shape index (κ3) is 4.62. The Morgan fingerprint density at radius 3 is 2.39 bits per heavy atom. The molecule has 4 nitrogen and oxygen atoms in total.